The lowest BCUT2D eigenvalue weighted by Crippen LogP contribution is -2.44. The number of carbonyl (C=O) groups excluding carboxylic acids is 1. The summed E-state index contributed by atoms with van der Waals surface area (Å²) < 4.78 is 0. The van der Waals surface area contributed by atoms with Gasteiger partial charge in [0.15, 0.2) is 0 Å². The molecule has 1 aliphatic rings. The maximum atomic E-state index is 12.4. The zero-order valence-electron chi connectivity index (χ0n) is 15.0. The number of nitrogens with zero attached hydrogens (tertiary/aromatic N) is 1. The second-order valence-electron chi connectivity index (χ2n) is 7.54. The van der Waals surface area contributed by atoms with Gasteiger partial charge in [-0.15, -0.1) is 0 Å². The van der Waals surface area contributed by atoms with Crippen LogP contribution in [0.3, 0.4) is 0 Å². The summed E-state index contributed by atoms with van der Waals surface area (Å²) in [4.78, 5) is 14.7. The van der Waals surface area contributed by atoms with E-state index in [0.29, 0.717) is 18.4 Å². The number of benzene rings is 2. The van der Waals surface area contributed by atoms with E-state index in [4.69, 9.17) is 0 Å². The van der Waals surface area contributed by atoms with Gasteiger partial charge in [0.2, 0.25) is 5.91 Å². The predicted octanol–water partition coefficient (Wildman–Crippen LogP) is 3.99. The predicted molar refractivity (Wildman–Crippen MR) is 99.9 cm³/mol. The molecule has 0 bridgehead atoms. The highest BCUT2D eigenvalue weighted by atomic mass is 16.2. The number of amides is 1. The zero-order valence-corrected chi connectivity index (χ0v) is 15.0. The van der Waals surface area contributed by atoms with Gasteiger partial charge in [0.25, 0.3) is 0 Å². The SMILES string of the molecule is CC1CC(C)CN(CC(=O)NC(C)c2ccc3ccccc3c2)C1. The molecule has 1 fully saturated rings. The highest BCUT2D eigenvalue weighted by Gasteiger charge is 2.23. The molecule has 1 saturated heterocycles. The van der Waals surface area contributed by atoms with Gasteiger partial charge >= 0.3 is 0 Å². The van der Waals surface area contributed by atoms with Gasteiger partial charge in [0.05, 0.1) is 12.6 Å². The molecular formula is C21H28N2O. The monoisotopic (exact) mass is 324 g/mol. The lowest BCUT2D eigenvalue weighted by Gasteiger charge is -2.34. The van der Waals surface area contributed by atoms with E-state index in [1.165, 1.54) is 17.2 Å². The van der Waals surface area contributed by atoms with E-state index in [0.717, 1.165) is 18.7 Å². The number of fused-ring (bicyclic) bond motifs is 1. The molecule has 24 heavy (non-hydrogen) atoms. The molecule has 0 aliphatic carbocycles. The summed E-state index contributed by atoms with van der Waals surface area (Å²) in [6.07, 6.45) is 1.27. The van der Waals surface area contributed by atoms with Crippen molar-refractivity contribution in [3.63, 3.8) is 0 Å². The van der Waals surface area contributed by atoms with Crippen molar-refractivity contribution >= 4 is 16.7 Å². The molecule has 0 aromatic heterocycles. The van der Waals surface area contributed by atoms with Gasteiger partial charge in [-0.3, -0.25) is 9.69 Å². The number of carbonyl (C=O) groups is 1. The molecule has 128 valence electrons. The number of nitrogens with one attached hydrogen (secondary N) is 1. The minimum Gasteiger partial charge on any atom is -0.348 e. The highest BCUT2D eigenvalue weighted by molar-refractivity contribution is 5.83. The average Bonchev–Trinajstić information content (AvgIpc) is 2.53. The summed E-state index contributed by atoms with van der Waals surface area (Å²) in [5.41, 5.74) is 1.16. The van der Waals surface area contributed by atoms with Gasteiger partial charge in [0.1, 0.15) is 0 Å². The standard InChI is InChI=1S/C21H28N2O/c1-15-10-16(2)13-23(12-15)14-21(24)22-17(3)19-9-8-18-6-4-5-7-20(18)11-19/h4-9,11,15-17H,10,12-14H2,1-3H3,(H,22,24). The van der Waals surface area contributed by atoms with Gasteiger partial charge in [-0.1, -0.05) is 50.2 Å². The molecule has 1 aliphatic heterocycles. The van der Waals surface area contributed by atoms with E-state index in [2.05, 4.69) is 61.3 Å². The van der Waals surface area contributed by atoms with Crippen LogP contribution in [0.4, 0.5) is 0 Å². The Kier molecular flexibility index (Phi) is 5.20. The average molecular weight is 324 g/mol. The van der Waals surface area contributed by atoms with Gasteiger partial charge in [-0.25, -0.2) is 0 Å². The van der Waals surface area contributed by atoms with Crippen molar-refractivity contribution in [2.45, 2.75) is 33.2 Å². The van der Waals surface area contributed by atoms with Crippen LogP contribution in [-0.4, -0.2) is 30.4 Å². The van der Waals surface area contributed by atoms with Crippen molar-refractivity contribution in [2.75, 3.05) is 19.6 Å². The van der Waals surface area contributed by atoms with E-state index < -0.39 is 0 Å². The molecule has 2 aromatic carbocycles. The fourth-order valence-corrected chi connectivity index (χ4v) is 3.97. The highest BCUT2D eigenvalue weighted by Crippen LogP contribution is 2.22. The number of rotatable bonds is 4. The summed E-state index contributed by atoms with van der Waals surface area (Å²) in [6.45, 7) is 9.18. The van der Waals surface area contributed by atoms with Crippen LogP contribution in [0.25, 0.3) is 10.8 Å². The first kappa shape index (κ1) is 17.0. The third kappa shape index (κ3) is 4.15. The first-order valence-corrected chi connectivity index (χ1v) is 9.01. The minimum atomic E-state index is 0.0294. The Balaban J connectivity index is 1.60. The van der Waals surface area contributed by atoms with Crippen LogP contribution in [0.2, 0.25) is 0 Å². The lowest BCUT2D eigenvalue weighted by atomic mass is 9.92. The molecule has 1 amide bonds. The fourth-order valence-electron chi connectivity index (χ4n) is 3.97. The summed E-state index contributed by atoms with van der Waals surface area (Å²) in [7, 11) is 0. The van der Waals surface area contributed by atoms with E-state index in [1.54, 1.807) is 0 Å². The molecule has 3 atom stereocenters. The van der Waals surface area contributed by atoms with Crippen LogP contribution in [-0.2, 0) is 4.79 Å². The number of hydrogen-bond donors (Lipinski definition) is 1. The molecule has 3 rings (SSSR count). The molecule has 0 spiro atoms. The maximum Gasteiger partial charge on any atom is 0.234 e. The Bertz CT molecular complexity index is 702. The Labute approximate surface area is 145 Å². The van der Waals surface area contributed by atoms with E-state index in [9.17, 15) is 4.79 Å². The number of hydrogen-bond acceptors (Lipinski definition) is 2. The van der Waals surface area contributed by atoms with Crippen LogP contribution in [0.15, 0.2) is 42.5 Å². The van der Waals surface area contributed by atoms with Gasteiger partial charge in [-0.05, 0) is 47.6 Å². The molecule has 2 aromatic rings. The Morgan fingerprint density at radius 3 is 2.50 bits per heavy atom. The number of piperidine rings is 1. The van der Waals surface area contributed by atoms with Crippen LogP contribution < -0.4 is 5.32 Å². The van der Waals surface area contributed by atoms with Gasteiger partial charge < -0.3 is 5.32 Å². The molecule has 3 unspecified atom stereocenters. The van der Waals surface area contributed by atoms with Crippen LogP contribution in [0.1, 0.15) is 38.8 Å². The maximum absolute atomic E-state index is 12.4. The smallest absolute Gasteiger partial charge is 0.234 e. The zero-order chi connectivity index (χ0) is 17.1. The molecule has 3 heteroatoms. The van der Waals surface area contributed by atoms with Crippen molar-refractivity contribution in [2.24, 2.45) is 11.8 Å². The van der Waals surface area contributed by atoms with Crippen molar-refractivity contribution in [3.05, 3.63) is 48.0 Å². The summed E-state index contributed by atoms with van der Waals surface area (Å²) in [6, 6.07) is 14.8. The Morgan fingerprint density at radius 1 is 1.12 bits per heavy atom. The molecule has 0 radical (unpaired) electrons. The number of likely N-dealkylation sites (tertiary alicyclic amines) is 1. The summed E-state index contributed by atoms with van der Waals surface area (Å²) >= 11 is 0. The van der Waals surface area contributed by atoms with Gasteiger partial charge in [-0.2, -0.15) is 0 Å². The second kappa shape index (κ2) is 7.35. The first-order valence-electron chi connectivity index (χ1n) is 9.01. The molecule has 1 N–H and O–H groups in total. The van der Waals surface area contributed by atoms with Crippen LogP contribution >= 0.6 is 0 Å². The summed E-state index contributed by atoms with van der Waals surface area (Å²) in [5.74, 6) is 1.48. The van der Waals surface area contributed by atoms with Crippen molar-refractivity contribution in [1.29, 1.82) is 0 Å². The van der Waals surface area contributed by atoms with Crippen molar-refractivity contribution in [1.82, 2.24) is 10.2 Å². The first-order chi connectivity index (χ1) is 11.5. The minimum absolute atomic E-state index is 0.0294. The van der Waals surface area contributed by atoms with E-state index in [-0.39, 0.29) is 11.9 Å². The van der Waals surface area contributed by atoms with Crippen LogP contribution in [0.5, 0.6) is 0 Å². The second-order valence-corrected chi connectivity index (χ2v) is 7.54. The summed E-state index contributed by atoms with van der Waals surface area (Å²) in [5, 5.41) is 5.61. The van der Waals surface area contributed by atoms with Crippen LogP contribution in [0, 0.1) is 11.8 Å². The van der Waals surface area contributed by atoms with Crippen molar-refractivity contribution < 1.29 is 4.79 Å². The molecule has 1 heterocycles. The third-order valence-corrected chi connectivity index (χ3v) is 4.96. The largest absolute Gasteiger partial charge is 0.348 e. The Morgan fingerprint density at radius 2 is 1.79 bits per heavy atom. The van der Waals surface area contributed by atoms with E-state index >= 15 is 0 Å². The quantitative estimate of drug-likeness (QED) is 0.922. The third-order valence-electron chi connectivity index (χ3n) is 4.96. The molecular weight excluding hydrogens is 296 g/mol. The van der Waals surface area contributed by atoms with E-state index in [1.807, 2.05) is 12.1 Å². The van der Waals surface area contributed by atoms with Crippen molar-refractivity contribution in [3.8, 4) is 0 Å². The fraction of sp³-hybridized carbons (Fsp3) is 0.476. The van der Waals surface area contributed by atoms with Gasteiger partial charge in [0, 0.05) is 13.1 Å². The lowest BCUT2D eigenvalue weighted by molar-refractivity contribution is -0.123. The molecule has 0 saturated carbocycles. The molecule has 3 nitrogen and oxygen atoms in total. The Hall–Kier alpha value is -1.87. The topological polar surface area (TPSA) is 32.3 Å². The normalized spacial score (nSPS) is 23.1.